The molecule has 0 aliphatic carbocycles. The Morgan fingerprint density at radius 2 is 2.18 bits per heavy atom. The molecule has 0 saturated carbocycles. The smallest absolute Gasteiger partial charge is 0.251 e. The molecule has 2 aromatic rings. The summed E-state index contributed by atoms with van der Waals surface area (Å²) in [7, 11) is 1.96. The van der Waals surface area contributed by atoms with Gasteiger partial charge in [0.15, 0.2) is 5.16 Å². The van der Waals surface area contributed by atoms with E-state index >= 15 is 0 Å². The molecule has 0 unspecified atom stereocenters. The number of nitrogens with one attached hydrogen (secondary N) is 1. The van der Waals surface area contributed by atoms with Crippen LogP contribution >= 0.6 is 23.4 Å². The van der Waals surface area contributed by atoms with E-state index in [9.17, 15) is 4.79 Å². The van der Waals surface area contributed by atoms with E-state index in [-0.39, 0.29) is 5.56 Å². The van der Waals surface area contributed by atoms with E-state index in [0.29, 0.717) is 35.6 Å². The summed E-state index contributed by atoms with van der Waals surface area (Å²) in [5.41, 5.74) is 0.614. The molecule has 118 valence electrons. The molecular formula is C15H18ClN3O2S. The first-order valence-corrected chi connectivity index (χ1v) is 8.39. The predicted molar refractivity (Wildman–Crippen MR) is 89.9 cm³/mol. The van der Waals surface area contributed by atoms with E-state index in [1.54, 1.807) is 6.07 Å². The van der Waals surface area contributed by atoms with Crippen molar-refractivity contribution in [1.29, 1.82) is 0 Å². The molecular weight excluding hydrogens is 322 g/mol. The molecule has 7 heteroatoms. The second-order valence-electron chi connectivity index (χ2n) is 4.76. The number of likely N-dealkylation sites (N-methyl/N-ethyl adjacent to an activating group) is 1. The van der Waals surface area contributed by atoms with Gasteiger partial charge in [-0.15, -0.1) is 0 Å². The lowest BCUT2D eigenvalue weighted by molar-refractivity contribution is 0.231. The van der Waals surface area contributed by atoms with Gasteiger partial charge in [-0.1, -0.05) is 35.5 Å². The number of aromatic amines is 1. The van der Waals surface area contributed by atoms with E-state index in [1.807, 2.05) is 36.4 Å². The number of H-pyrrole nitrogens is 1. The molecule has 5 nitrogen and oxygen atoms in total. The van der Waals surface area contributed by atoms with Crippen molar-refractivity contribution in [3.05, 3.63) is 51.4 Å². The molecule has 22 heavy (non-hydrogen) atoms. The van der Waals surface area contributed by atoms with Crippen molar-refractivity contribution < 1.29 is 4.74 Å². The van der Waals surface area contributed by atoms with E-state index in [1.165, 1.54) is 17.8 Å². The molecule has 0 aliphatic heterocycles. The van der Waals surface area contributed by atoms with Crippen molar-refractivity contribution in [2.75, 3.05) is 26.5 Å². The highest BCUT2D eigenvalue weighted by atomic mass is 35.5. The predicted octanol–water partition coefficient (Wildman–Crippen LogP) is 2.66. The van der Waals surface area contributed by atoms with Crippen LogP contribution in [0.3, 0.4) is 0 Å². The summed E-state index contributed by atoms with van der Waals surface area (Å²) < 4.78 is 5.65. The molecule has 0 bridgehead atoms. The molecule has 0 amide bonds. The van der Waals surface area contributed by atoms with Gasteiger partial charge >= 0.3 is 0 Å². The lowest BCUT2D eigenvalue weighted by Crippen LogP contribution is -2.25. The van der Waals surface area contributed by atoms with Crippen LogP contribution in [0, 0.1) is 0 Å². The Hall–Kier alpha value is -1.50. The maximum Gasteiger partial charge on any atom is 0.251 e. The third-order valence-electron chi connectivity index (χ3n) is 2.97. The van der Waals surface area contributed by atoms with Gasteiger partial charge in [0.25, 0.3) is 5.56 Å². The zero-order valence-corrected chi connectivity index (χ0v) is 14.1. The number of rotatable bonds is 7. The van der Waals surface area contributed by atoms with Crippen LogP contribution in [-0.4, -0.2) is 41.3 Å². The quantitative estimate of drug-likeness (QED) is 0.621. The fourth-order valence-corrected chi connectivity index (χ4v) is 2.49. The van der Waals surface area contributed by atoms with Crippen LogP contribution in [0.2, 0.25) is 5.02 Å². The number of halogens is 1. The highest BCUT2D eigenvalue weighted by molar-refractivity contribution is 7.98. The summed E-state index contributed by atoms with van der Waals surface area (Å²) in [6, 6.07) is 8.90. The molecule has 1 aromatic carbocycles. The summed E-state index contributed by atoms with van der Waals surface area (Å²) >= 11 is 7.45. The van der Waals surface area contributed by atoms with Crippen LogP contribution in [0.5, 0.6) is 5.75 Å². The number of nitrogens with zero attached hydrogens (tertiary/aromatic N) is 2. The minimum absolute atomic E-state index is 0.130. The fraction of sp³-hybridized carbons (Fsp3) is 0.333. The third-order valence-corrected chi connectivity index (χ3v) is 3.86. The molecule has 2 rings (SSSR count). The molecule has 0 fully saturated rings. The molecule has 1 N–H and O–H groups in total. The van der Waals surface area contributed by atoms with Crippen molar-refractivity contribution in [1.82, 2.24) is 14.9 Å². The van der Waals surface area contributed by atoms with Gasteiger partial charge < -0.3 is 9.72 Å². The first-order chi connectivity index (χ1) is 10.6. The number of thioether (sulfide) groups is 1. The maximum absolute atomic E-state index is 11.5. The van der Waals surface area contributed by atoms with E-state index in [4.69, 9.17) is 16.3 Å². The van der Waals surface area contributed by atoms with Crippen molar-refractivity contribution in [3.63, 3.8) is 0 Å². The summed E-state index contributed by atoms with van der Waals surface area (Å²) in [6.07, 6.45) is 1.88. The topological polar surface area (TPSA) is 58.2 Å². The van der Waals surface area contributed by atoms with Gasteiger partial charge in [-0.3, -0.25) is 9.69 Å². The first-order valence-electron chi connectivity index (χ1n) is 6.78. The number of ether oxygens (including phenoxy) is 1. The summed E-state index contributed by atoms with van der Waals surface area (Å²) in [5, 5.41) is 1.23. The van der Waals surface area contributed by atoms with Gasteiger partial charge in [0, 0.05) is 19.2 Å². The number of para-hydroxylation sites is 1. The zero-order chi connectivity index (χ0) is 15.9. The average molecular weight is 340 g/mol. The van der Waals surface area contributed by atoms with E-state index in [2.05, 4.69) is 9.97 Å². The van der Waals surface area contributed by atoms with Crippen LogP contribution in [0.25, 0.3) is 0 Å². The number of hydrogen-bond donors (Lipinski definition) is 1. The second kappa shape index (κ2) is 8.22. The van der Waals surface area contributed by atoms with Crippen LogP contribution in [0.1, 0.15) is 5.69 Å². The van der Waals surface area contributed by atoms with Gasteiger partial charge in [0.1, 0.15) is 12.4 Å². The number of benzene rings is 1. The van der Waals surface area contributed by atoms with Gasteiger partial charge in [-0.25, -0.2) is 4.98 Å². The van der Waals surface area contributed by atoms with Crippen molar-refractivity contribution in [3.8, 4) is 5.75 Å². The molecule has 0 radical (unpaired) electrons. The van der Waals surface area contributed by atoms with Crippen LogP contribution in [0.15, 0.2) is 40.3 Å². The zero-order valence-electron chi connectivity index (χ0n) is 12.5. The lowest BCUT2D eigenvalue weighted by Gasteiger charge is -2.17. The lowest BCUT2D eigenvalue weighted by atomic mass is 10.3. The highest BCUT2D eigenvalue weighted by Gasteiger charge is 2.06. The Bertz CT molecular complexity index is 678. The minimum atomic E-state index is -0.130. The fourth-order valence-electron chi connectivity index (χ4n) is 1.89. The Balaban J connectivity index is 1.85. The second-order valence-corrected chi connectivity index (χ2v) is 5.96. The molecule has 0 aliphatic rings. The van der Waals surface area contributed by atoms with Gasteiger partial charge in [0.05, 0.1) is 10.7 Å². The Labute approximate surface area is 138 Å². The monoisotopic (exact) mass is 339 g/mol. The summed E-state index contributed by atoms with van der Waals surface area (Å²) in [6.45, 7) is 1.80. The molecule has 0 atom stereocenters. The van der Waals surface area contributed by atoms with E-state index in [0.717, 1.165) is 5.69 Å². The molecule has 0 saturated heterocycles. The Morgan fingerprint density at radius 3 is 2.91 bits per heavy atom. The highest BCUT2D eigenvalue weighted by Crippen LogP contribution is 2.22. The van der Waals surface area contributed by atoms with Gasteiger partial charge in [-0.2, -0.15) is 0 Å². The van der Waals surface area contributed by atoms with Gasteiger partial charge in [0.2, 0.25) is 0 Å². The normalized spacial score (nSPS) is 10.9. The summed E-state index contributed by atoms with van der Waals surface area (Å²) in [5.74, 6) is 0.677. The first kappa shape index (κ1) is 16.9. The Kier molecular flexibility index (Phi) is 6.30. The number of aromatic nitrogens is 2. The SMILES string of the molecule is CSc1nc(CN(C)CCOc2ccccc2Cl)cc(=O)[nH]1. The Morgan fingerprint density at radius 1 is 1.41 bits per heavy atom. The van der Waals surface area contributed by atoms with Crippen molar-refractivity contribution in [2.24, 2.45) is 0 Å². The average Bonchev–Trinajstić information content (AvgIpc) is 2.48. The van der Waals surface area contributed by atoms with Crippen LogP contribution < -0.4 is 10.3 Å². The van der Waals surface area contributed by atoms with Crippen LogP contribution in [-0.2, 0) is 6.54 Å². The maximum atomic E-state index is 11.5. The van der Waals surface area contributed by atoms with Gasteiger partial charge in [-0.05, 0) is 25.4 Å². The third kappa shape index (κ3) is 5.05. The minimum Gasteiger partial charge on any atom is -0.491 e. The molecule has 1 heterocycles. The molecule has 0 spiro atoms. The molecule has 1 aromatic heterocycles. The van der Waals surface area contributed by atoms with Crippen LogP contribution in [0.4, 0.5) is 0 Å². The number of hydrogen-bond acceptors (Lipinski definition) is 5. The summed E-state index contributed by atoms with van der Waals surface area (Å²) in [4.78, 5) is 20.6. The standard InChI is InChI=1S/C15H18ClN3O2S/c1-19(7-8-21-13-6-4-3-5-12(13)16)10-11-9-14(20)18-15(17-11)22-2/h3-6,9H,7-8,10H2,1-2H3,(H,17,18,20). The van der Waals surface area contributed by atoms with E-state index < -0.39 is 0 Å². The van der Waals surface area contributed by atoms with Crippen molar-refractivity contribution in [2.45, 2.75) is 11.7 Å². The largest absolute Gasteiger partial charge is 0.491 e. The van der Waals surface area contributed by atoms with Crippen molar-refractivity contribution >= 4 is 23.4 Å².